The molecule has 2 amide bonds. The minimum absolute atomic E-state index is 0.00811. The number of rotatable bonds is 3. The molecule has 146 valence electrons. The lowest BCUT2D eigenvalue weighted by atomic mass is 10.1. The van der Waals surface area contributed by atoms with Gasteiger partial charge >= 0.3 is 0 Å². The third kappa shape index (κ3) is 3.29. The third-order valence-electron chi connectivity index (χ3n) is 4.49. The van der Waals surface area contributed by atoms with Crippen LogP contribution in [0.15, 0.2) is 46.7 Å². The molecule has 3 N–H and O–H groups in total. The number of amides is 2. The Kier molecular flexibility index (Phi) is 4.69. The summed E-state index contributed by atoms with van der Waals surface area (Å²) in [5.74, 6) is -1.11. The number of carbonyl (C=O) groups excluding carboxylic acids is 2. The van der Waals surface area contributed by atoms with E-state index in [0.29, 0.717) is 22.0 Å². The fourth-order valence-electron chi connectivity index (χ4n) is 3.14. The fourth-order valence-corrected chi connectivity index (χ4v) is 3.89. The molecule has 0 aliphatic heterocycles. The van der Waals surface area contributed by atoms with Gasteiger partial charge in [-0.1, -0.05) is 18.2 Å². The summed E-state index contributed by atoms with van der Waals surface area (Å²) in [4.78, 5) is 41.3. The van der Waals surface area contributed by atoms with Crippen LogP contribution in [0.2, 0.25) is 0 Å². The number of nitrogens with one attached hydrogen (secondary N) is 3. The zero-order valence-electron chi connectivity index (χ0n) is 15.5. The first-order valence-electron chi connectivity index (χ1n) is 8.64. The second-order valence-corrected chi connectivity index (χ2v) is 7.16. The van der Waals surface area contributed by atoms with E-state index in [4.69, 9.17) is 0 Å². The fraction of sp³-hybridized carbons (Fsp3) is 0.105. The molecule has 1 aromatic carbocycles. The molecule has 3 heterocycles. The summed E-state index contributed by atoms with van der Waals surface area (Å²) in [7, 11) is 0. The predicted octanol–water partition coefficient (Wildman–Crippen LogP) is 1.86. The largest absolute Gasteiger partial charge is 0.294 e. The average Bonchev–Trinajstić information content (AvgIpc) is 3.34. The van der Waals surface area contributed by atoms with Crippen molar-refractivity contribution < 1.29 is 9.59 Å². The maximum atomic E-state index is 12.6. The van der Waals surface area contributed by atoms with Crippen LogP contribution in [0, 0.1) is 13.8 Å². The van der Waals surface area contributed by atoms with Crippen molar-refractivity contribution in [2.75, 3.05) is 0 Å². The van der Waals surface area contributed by atoms with Crippen LogP contribution < -0.4 is 16.4 Å². The van der Waals surface area contributed by atoms with E-state index in [9.17, 15) is 14.4 Å². The van der Waals surface area contributed by atoms with Gasteiger partial charge < -0.3 is 0 Å². The molecule has 0 saturated heterocycles. The number of aromatic amines is 1. The molecule has 0 fully saturated rings. The van der Waals surface area contributed by atoms with E-state index in [1.54, 1.807) is 36.5 Å². The van der Waals surface area contributed by atoms with E-state index in [2.05, 4.69) is 26.0 Å². The Bertz CT molecular complexity index is 1290. The molecule has 0 aliphatic carbocycles. The molecule has 0 atom stereocenters. The third-order valence-corrected chi connectivity index (χ3v) is 5.24. The van der Waals surface area contributed by atoms with Gasteiger partial charge in [-0.15, -0.1) is 11.3 Å². The normalized spacial score (nSPS) is 10.8. The number of carbonyl (C=O) groups is 2. The number of fused-ring (bicyclic) bond motifs is 1. The summed E-state index contributed by atoms with van der Waals surface area (Å²) in [5, 5.41) is 9.45. The van der Waals surface area contributed by atoms with Crippen LogP contribution in [-0.4, -0.2) is 31.6 Å². The van der Waals surface area contributed by atoms with Crippen LogP contribution in [0.4, 0.5) is 0 Å². The minimum Gasteiger partial charge on any atom is -0.294 e. The summed E-state index contributed by atoms with van der Waals surface area (Å²) < 4.78 is 1.87. The van der Waals surface area contributed by atoms with Gasteiger partial charge in [0.2, 0.25) is 0 Å². The second kappa shape index (κ2) is 7.32. The molecular formula is C19H16N6O3S. The van der Waals surface area contributed by atoms with E-state index in [0.717, 1.165) is 10.8 Å². The summed E-state index contributed by atoms with van der Waals surface area (Å²) in [5.41, 5.74) is 6.34. The zero-order valence-corrected chi connectivity index (χ0v) is 16.3. The number of hydrogen-bond acceptors (Lipinski definition) is 6. The highest BCUT2D eigenvalue weighted by molar-refractivity contribution is 7.12. The summed E-state index contributed by atoms with van der Waals surface area (Å²) in [6.07, 6.45) is 1.69. The number of nitrogens with zero attached hydrogens (tertiary/aromatic N) is 3. The molecule has 0 saturated carbocycles. The monoisotopic (exact) mass is 408 g/mol. The molecule has 0 unspecified atom stereocenters. The Morgan fingerprint density at radius 2 is 1.83 bits per heavy atom. The molecule has 4 rings (SSSR count). The van der Waals surface area contributed by atoms with Crippen molar-refractivity contribution in [3.8, 4) is 5.13 Å². The van der Waals surface area contributed by atoms with Crippen LogP contribution in [0.5, 0.6) is 0 Å². The topological polar surface area (TPSA) is 122 Å². The van der Waals surface area contributed by atoms with E-state index >= 15 is 0 Å². The molecule has 0 radical (unpaired) electrons. The van der Waals surface area contributed by atoms with E-state index in [1.165, 1.54) is 11.3 Å². The quantitative estimate of drug-likeness (QED) is 0.447. The van der Waals surface area contributed by atoms with Crippen LogP contribution >= 0.6 is 11.3 Å². The number of aromatic nitrogens is 4. The standard InChI is InChI=1S/C19H16N6O3S/c1-10-9-14(11(2)25(10)19-20-7-8-29-19)17(27)23-24-18(28)15-12-5-3-4-6-13(12)16(26)22-21-15/h3-9H,1-2H3,(H,22,26)(H,23,27)(H,24,28). The van der Waals surface area contributed by atoms with E-state index < -0.39 is 17.4 Å². The Morgan fingerprint density at radius 1 is 1.10 bits per heavy atom. The molecule has 3 aromatic heterocycles. The van der Waals surface area contributed by atoms with Crippen molar-refractivity contribution in [1.29, 1.82) is 0 Å². The summed E-state index contributed by atoms with van der Waals surface area (Å²) >= 11 is 1.46. The molecule has 4 aromatic rings. The SMILES string of the molecule is Cc1cc(C(=O)NNC(=O)c2n[nH]c(=O)c3ccccc23)c(C)n1-c1nccs1. The molecular weight excluding hydrogens is 392 g/mol. The number of benzene rings is 1. The first-order chi connectivity index (χ1) is 14.0. The molecule has 0 spiro atoms. The lowest BCUT2D eigenvalue weighted by molar-refractivity contribution is 0.0844. The highest BCUT2D eigenvalue weighted by atomic mass is 32.1. The number of thiazole rings is 1. The zero-order chi connectivity index (χ0) is 20.5. The van der Waals surface area contributed by atoms with Gasteiger partial charge in [-0.25, -0.2) is 10.1 Å². The summed E-state index contributed by atoms with van der Waals surface area (Å²) in [6.45, 7) is 3.68. The van der Waals surface area contributed by atoms with Crippen LogP contribution in [0.3, 0.4) is 0 Å². The molecule has 10 heteroatoms. The Balaban J connectivity index is 1.56. The Labute approximate surface area is 168 Å². The van der Waals surface area contributed by atoms with Gasteiger partial charge in [-0.3, -0.25) is 29.8 Å². The van der Waals surface area contributed by atoms with Gasteiger partial charge in [0.05, 0.1) is 10.9 Å². The number of hydrazine groups is 1. The minimum atomic E-state index is -0.639. The first kappa shape index (κ1) is 18.6. The lowest BCUT2D eigenvalue weighted by Gasteiger charge is -2.09. The van der Waals surface area contributed by atoms with Gasteiger partial charge in [0, 0.05) is 28.4 Å². The van der Waals surface area contributed by atoms with E-state index in [-0.39, 0.29) is 5.69 Å². The van der Waals surface area contributed by atoms with Crippen molar-refractivity contribution in [1.82, 2.24) is 30.6 Å². The van der Waals surface area contributed by atoms with Crippen molar-refractivity contribution in [3.63, 3.8) is 0 Å². The molecule has 0 bridgehead atoms. The molecule has 0 aliphatic rings. The van der Waals surface area contributed by atoms with Gasteiger partial charge in [-0.2, -0.15) is 5.10 Å². The maximum absolute atomic E-state index is 12.6. The van der Waals surface area contributed by atoms with Gasteiger partial charge in [0.25, 0.3) is 17.4 Å². The van der Waals surface area contributed by atoms with E-state index in [1.807, 2.05) is 23.8 Å². The Hall–Kier alpha value is -3.79. The first-order valence-corrected chi connectivity index (χ1v) is 9.52. The van der Waals surface area contributed by atoms with Crippen LogP contribution in [0.25, 0.3) is 15.9 Å². The van der Waals surface area contributed by atoms with Crippen molar-refractivity contribution in [2.24, 2.45) is 0 Å². The highest BCUT2D eigenvalue weighted by Crippen LogP contribution is 2.22. The summed E-state index contributed by atoms with van der Waals surface area (Å²) in [6, 6.07) is 8.34. The van der Waals surface area contributed by atoms with Gasteiger partial charge in [-0.05, 0) is 26.0 Å². The molecule has 29 heavy (non-hydrogen) atoms. The van der Waals surface area contributed by atoms with Crippen molar-refractivity contribution in [2.45, 2.75) is 13.8 Å². The van der Waals surface area contributed by atoms with Gasteiger partial charge in [0.1, 0.15) is 0 Å². The van der Waals surface area contributed by atoms with Crippen LogP contribution in [0.1, 0.15) is 32.2 Å². The van der Waals surface area contributed by atoms with Crippen molar-refractivity contribution in [3.05, 3.63) is 74.9 Å². The second-order valence-electron chi connectivity index (χ2n) is 6.29. The maximum Gasteiger partial charge on any atom is 0.290 e. The average molecular weight is 408 g/mol. The smallest absolute Gasteiger partial charge is 0.290 e. The predicted molar refractivity (Wildman–Crippen MR) is 108 cm³/mol. The van der Waals surface area contributed by atoms with Gasteiger partial charge in [0.15, 0.2) is 10.8 Å². The molecule has 9 nitrogen and oxygen atoms in total. The Morgan fingerprint density at radius 3 is 2.55 bits per heavy atom. The van der Waals surface area contributed by atoms with Crippen LogP contribution in [-0.2, 0) is 0 Å². The van der Waals surface area contributed by atoms with Crippen molar-refractivity contribution >= 4 is 33.9 Å². The lowest BCUT2D eigenvalue weighted by Crippen LogP contribution is -2.42. The number of hydrogen-bond donors (Lipinski definition) is 3. The number of H-pyrrole nitrogens is 1. The highest BCUT2D eigenvalue weighted by Gasteiger charge is 2.19. The number of aryl methyl sites for hydroxylation is 1.